The van der Waals surface area contributed by atoms with E-state index >= 15 is 0 Å². The van der Waals surface area contributed by atoms with Gasteiger partial charge in [0, 0.05) is 43.8 Å². The van der Waals surface area contributed by atoms with Crippen molar-refractivity contribution in [3.05, 3.63) is 77.1 Å². The lowest BCUT2D eigenvalue weighted by Gasteiger charge is -2.34. The number of anilines is 1. The zero-order valence-electron chi connectivity index (χ0n) is 20.8. The van der Waals surface area contributed by atoms with E-state index in [1.165, 1.54) is 36.8 Å². The maximum Gasteiger partial charge on any atom is 0.179 e. The number of fused-ring (bicyclic) bond motifs is 2. The van der Waals surface area contributed by atoms with Gasteiger partial charge in [0.15, 0.2) is 5.84 Å². The lowest BCUT2D eigenvalue weighted by atomic mass is 9.80. The molecule has 2 aliphatic rings. The predicted octanol–water partition coefficient (Wildman–Crippen LogP) is 5.47. The number of benzene rings is 2. The van der Waals surface area contributed by atoms with Gasteiger partial charge in [-0.3, -0.25) is 0 Å². The molecule has 2 atom stereocenters. The number of hydrogen-bond donors (Lipinski definition) is 0. The molecule has 1 saturated carbocycles. The highest BCUT2D eigenvalue weighted by molar-refractivity contribution is 6.10. The fourth-order valence-electron chi connectivity index (χ4n) is 5.63. The Hall–Kier alpha value is -3.69. The molecule has 0 bridgehead atoms. The van der Waals surface area contributed by atoms with E-state index in [0.29, 0.717) is 17.5 Å². The minimum atomic E-state index is 0.594. The molecule has 6 nitrogen and oxygen atoms in total. The molecule has 1 aliphatic heterocycles. The summed E-state index contributed by atoms with van der Waals surface area (Å²) in [5.74, 6) is 1.37. The van der Waals surface area contributed by atoms with E-state index in [4.69, 9.17) is 5.26 Å². The second-order valence-electron chi connectivity index (χ2n) is 9.92. The smallest absolute Gasteiger partial charge is 0.179 e. The number of nitriles is 1. The molecule has 2 aromatic carbocycles. The summed E-state index contributed by atoms with van der Waals surface area (Å²) in [6, 6.07) is 19.7. The number of amidine groups is 1. The van der Waals surface area contributed by atoms with Crippen LogP contribution < -0.4 is 4.90 Å². The van der Waals surface area contributed by atoms with Crippen molar-refractivity contribution in [2.24, 2.45) is 10.2 Å². The van der Waals surface area contributed by atoms with Crippen LogP contribution in [-0.2, 0) is 6.54 Å². The lowest BCUT2D eigenvalue weighted by molar-refractivity contribution is 0.213. The first kappa shape index (κ1) is 23.1. The second kappa shape index (κ2) is 9.52. The van der Waals surface area contributed by atoms with Gasteiger partial charge in [-0.2, -0.15) is 10.4 Å². The van der Waals surface area contributed by atoms with Crippen molar-refractivity contribution in [1.29, 1.82) is 5.26 Å². The average molecular weight is 465 g/mol. The van der Waals surface area contributed by atoms with Gasteiger partial charge in [-0.05, 0) is 80.2 Å². The monoisotopic (exact) mass is 464 g/mol. The topological polar surface area (TPSA) is 59.9 Å². The Labute approximate surface area is 207 Å². The van der Waals surface area contributed by atoms with Crippen molar-refractivity contribution < 1.29 is 0 Å². The van der Waals surface area contributed by atoms with Crippen LogP contribution in [0.4, 0.5) is 5.69 Å². The molecule has 0 N–H and O–H groups in total. The zero-order chi connectivity index (χ0) is 24.5. The summed E-state index contributed by atoms with van der Waals surface area (Å²) in [4.78, 5) is 4.50. The van der Waals surface area contributed by atoms with Crippen LogP contribution in [0.25, 0.3) is 11.1 Å². The summed E-state index contributed by atoms with van der Waals surface area (Å²) in [7, 11) is 6.45. The van der Waals surface area contributed by atoms with Crippen LogP contribution in [0.3, 0.4) is 0 Å². The van der Waals surface area contributed by atoms with Gasteiger partial charge in [-0.25, -0.2) is 0 Å². The van der Waals surface area contributed by atoms with Crippen molar-refractivity contribution in [3.63, 3.8) is 0 Å². The van der Waals surface area contributed by atoms with Gasteiger partial charge in [0.25, 0.3) is 0 Å². The summed E-state index contributed by atoms with van der Waals surface area (Å²) in [6.45, 7) is 4.38. The molecule has 2 heterocycles. The first-order valence-electron chi connectivity index (χ1n) is 12.3. The van der Waals surface area contributed by atoms with Crippen molar-refractivity contribution in [2.45, 2.75) is 44.2 Å². The van der Waals surface area contributed by atoms with Gasteiger partial charge in [0.2, 0.25) is 0 Å². The summed E-state index contributed by atoms with van der Waals surface area (Å²) < 4.78 is 2.26. The van der Waals surface area contributed by atoms with Crippen LogP contribution in [0, 0.1) is 11.3 Å². The number of aromatic nitrogens is 1. The molecule has 0 radical (unpaired) electrons. The molecule has 1 fully saturated rings. The Balaban J connectivity index is 1.54. The molecule has 1 aromatic heterocycles. The molecule has 178 valence electrons. The Morgan fingerprint density at radius 2 is 1.86 bits per heavy atom. The van der Waals surface area contributed by atoms with Crippen LogP contribution in [0.15, 0.2) is 64.9 Å². The maximum absolute atomic E-state index is 9.14. The van der Waals surface area contributed by atoms with Crippen LogP contribution >= 0.6 is 0 Å². The quantitative estimate of drug-likeness (QED) is 0.380. The molecular formula is C29H32N6. The van der Waals surface area contributed by atoms with Gasteiger partial charge in [0.05, 0.1) is 17.3 Å². The van der Waals surface area contributed by atoms with E-state index in [9.17, 15) is 0 Å². The van der Waals surface area contributed by atoms with Crippen LogP contribution in [0.1, 0.15) is 54.0 Å². The molecule has 0 saturated heterocycles. The minimum Gasteiger partial charge on any atom is -0.340 e. The largest absolute Gasteiger partial charge is 0.340 e. The number of nitrogens with zero attached hydrogens (tertiary/aromatic N) is 6. The predicted molar refractivity (Wildman–Crippen MR) is 143 cm³/mol. The van der Waals surface area contributed by atoms with E-state index < -0.39 is 0 Å². The van der Waals surface area contributed by atoms with Gasteiger partial charge < -0.3 is 14.4 Å². The van der Waals surface area contributed by atoms with Crippen LogP contribution in [0.5, 0.6) is 0 Å². The molecule has 35 heavy (non-hydrogen) atoms. The molecule has 0 amide bonds. The Kier molecular flexibility index (Phi) is 6.27. The third kappa shape index (κ3) is 4.40. The van der Waals surface area contributed by atoms with Gasteiger partial charge >= 0.3 is 0 Å². The van der Waals surface area contributed by atoms with E-state index in [1.807, 2.05) is 24.3 Å². The molecule has 0 spiro atoms. The van der Waals surface area contributed by atoms with E-state index in [-0.39, 0.29) is 0 Å². The highest BCUT2D eigenvalue weighted by Crippen LogP contribution is 2.38. The molecule has 1 aliphatic carbocycles. The first-order chi connectivity index (χ1) is 17.0. The van der Waals surface area contributed by atoms with Crippen molar-refractivity contribution in [1.82, 2.24) is 9.47 Å². The van der Waals surface area contributed by atoms with Gasteiger partial charge in [-0.1, -0.05) is 30.7 Å². The fraction of sp³-hybridized carbons (Fsp3) is 0.345. The minimum absolute atomic E-state index is 0.594. The molecule has 6 heteroatoms. The Bertz CT molecular complexity index is 1310. The van der Waals surface area contributed by atoms with E-state index in [1.54, 1.807) is 0 Å². The van der Waals surface area contributed by atoms with Crippen molar-refractivity contribution >= 4 is 18.2 Å². The second-order valence-corrected chi connectivity index (χ2v) is 9.92. The highest BCUT2D eigenvalue weighted by Gasteiger charge is 2.28. The fourth-order valence-corrected chi connectivity index (χ4v) is 5.63. The summed E-state index contributed by atoms with van der Waals surface area (Å²) in [5.41, 5.74) is 7.70. The first-order valence-corrected chi connectivity index (χ1v) is 12.3. The molecular weight excluding hydrogens is 432 g/mol. The van der Waals surface area contributed by atoms with E-state index in [0.717, 1.165) is 34.9 Å². The SMILES string of the molecule is C=N/N=C1/c2cc(-c3ccc(C#N)cc3)cn2Cc2cc(C3CCCC(N(C)C)C3)ccc2N1C. The maximum atomic E-state index is 9.14. The third-order valence-corrected chi connectivity index (χ3v) is 7.61. The van der Waals surface area contributed by atoms with Crippen molar-refractivity contribution in [3.8, 4) is 17.2 Å². The molecule has 2 unspecified atom stereocenters. The summed E-state index contributed by atoms with van der Waals surface area (Å²) >= 11 is 0. The Morgan fingerprint density at radius 1 is 1.06 bits per heavy atom. The van der Waals surface area contributed by atoms with Gasteiger partial charge in [0.1, 0.15) is 0 Å². The number of rotatable bonds is 4. The normalized spacial score (nSPS) is 20.8. The Morgan fingerprint density at radius 3 is 2.57 bits per heavy atom. The van der Waals surface area contributed by atoms with E-state index in [2.05, 4.69) is 89.0 Å². The van der Waals surface area contributed by atoms with Gasteiger partial charge in [-0.15, -0.1) is 5.10 Å². The zero-order valence-corrected chi connectivity index (χ0v) is 20.8. The lowest BCUT2D eigenvalue weighted by Crippen LogP contribution is -2.32. The number of hydrogen-bond acceptors (Lipinski definition) is 4. The third-order valence-electron chi connectivity index (χ3n) is 7.61. The van der Waals surface area contributed by atoms with Crippen LogP contribution in [-0.4, -0.2) is 49.2 Å². The average Bonchev–Trinajstić information content (AvgIpc) is 3.26. The standard InChI is InChI=1S/C29H32N6/c1-31-32-29-28-16-24(21-10-8-20(17-30)9-11-21)18-35(28)19-25-14-23(12-13-27(25)34(29)4)22-6-5-7-26(15-22)33(2)3/h8-14,16,18,22,26H,1,5-7,15,19H2,2-4H3/b32-29-. The molecule has 3 aromatic rings. The summed E-state index contributed by atoms with van der Waals surface area (Å²) in [6.07, 6.45) is 7.21. The van der Waals surface area contributed by atoms with Crippen molar-refractivity contribution in [2.75, 3.05) is 26.0 Å². The highest BCUT2D eigenvalue weighted by atomic mass is 15.3. The van der Waals surface area contributed by atoms with Crippen LogP contribution in [0.2, 0.25) is 0 Å². The summed E-state index contributed by atoms with van der Waals surface area (Å²) in [5, 5.41) is 17.5. The molecule has 5 rings (SSSR count).